The number of nitrogens with one attached hydrogen (secondary N) is 2. The molecule has 6 nitrogen and oxygen atoms in total. The summed E-state index contributed by atoms with van der Waals surface area (Å²) in [6.45, 7) is 1.64. The summed E-state index contributed by atoms with van der Waals surface area (Å²) in [5.74, 6) is 6.49. The molecule has 0 bridgehead atoms. The summed E-state index contributed by atoms with van der Waals surface area (Å²) in [5.41, 5.74) is 2.44. The molecular formula is C9H17N5O. The Bertz CT molecular complexity index is 281. The average Bonchev–Trinajstić information content (AvgIpc) is 2.29. The van der Waals surface area contributed by atoms with Crippen LogP contribution in [-0.4, -0.2) is 30.2 Å². The number of ether oxygens (including phenoxy) is 1. The Morgan fingerprint density at radius 2 is 2.13 bits per heavy atom. The first-order chi connectivity index (χ1) is 7.36. The number of anilines is 2. The SMILES string of the molecule is COCCCCNc1cncc(NN)n1. The standard InChI is InChI=1S/C9H17N5O/c1-15-5-3-2-4-12-8-6-11-7-9(13-8)14-10/h6-7H,2-5,10H2,1H3,(H2,12,13,14). The van der Waals surface area contributed by atoms with Gasteiger partial charge in [-0.3, -0.25) is 4.98 Å². The Morgan fingerprint density at radius 1 is 1.33 bits per heavy atom. The van der Waals surface area contributed by atoms with Crippen molar-refractivity contribution >= 4 is 11.6 Å². The van der Waals surface area contributed by atoms with Gasteiger partial charge in [-0.1, -0.05) is 0 Å². The van der Waals surface area contributed by atoms with Crippen LogP contribution >= 0.6 is 0 Å². The molecule has 6 heteroatoms. The number of rotatable bonds is 7. The number of hydrogen-bond donors (Lipinski definition) is 3. The monoisotopic (exact) mass is 211 g/mol. The summed E-state index contributed by atoms with van der Waals surface area (Å²) in [7, 11) is 1.70. The molecule has 0 saturated heterocycles. The molecule has 0 aliphatic rings. The predicted molar refractivity (Wildman–Crippen MR) is 59.4 cm³/mol. The van der Waals surface area contributed by atoms with Crippen LogP contribution in [0.5, 0.6) is 0 Å². The number of hydrazine groups is 1. The van der Waals surface area contributed by atoms with Gasteiger partial charge in [-0.2, -0.15) is 0 Å². The third kappa shape index (κ3) is 4.57. The van der Waals surface area contributed by atoms with Crippen LogP contribution in [0.1, 0.15) is 12.8 Å². The zero-order valence-corrected chi connectivity index (χ0v) is 8.86. The number of methoxy groups -OCH3 is 1. The third-order valence-electron chi connectivity index (χ3n) is 1.86. The maximum atomic E-state index is 5.22. The summed E-state index contributed by atoms with van der Waals surface area (Å²) in [6, 6.07) is 0. The van der Waals surface area contributed by atoms with Gasteiger partial charge in [-0.05, 0) is 12.8 Å². The fourth-order valence-electron chi connectivity index (χ4n) is 1.11. The van der Waals surface area contributed by atoms with Crippen LogP contribution in [0.2, 0.25) is 0 Å². The first kappa shape index (κ1) is 11.7. The van der Waals surface area contributed by atoms with Crippen molar-refractivity contribution in [1.82, 2.24) is 9.97 Å². The maximum absolute atomic E-state index is 5.22. The molecular weight excluding hydrogens is 194 g/mol. The highest BCUT2D eigenvalue weighted by Gasteiger charge is 1.95. The van der Waals surface area contributed by atoms with E-state index in [0.29, 0.717) is 5.82 Å². The molecule has 1 aromatic heterocycles. The molecule has 0 aliphatic heterocycles. The fraction of sp³-hybridized carbons (Fsp3) is 0.556. The number of nitrogens with zero attached hydrogens (tertiary/aromatic N) is 2. The molecule has 15 heavy (non-hydrogen) atoms. The summed E-state index contributed by atoms with van der Waals surface area (Å²) < 4.78 is 4.95. The zero-order valence-electron chi connectivity index (χ0n) is 8.86. The molecule has 0 radical (unpaired) electrons. The normalized spacial score (nSPS) is 10.0. The topological polar surface area (TPSA) is 85.1 Å². The highest BCUT2D eigenvalue weighted by molar-refractivity contribution is 5.40. The minimum absolute atomic E-state index is 0.553. The van der Waals surface area contributed by atoms with Crippen molar-refractivity contribution in [3.63, 3.8) is 0 Å². The first-order valence-corrected chi connectivity index (χ1v) is 4.88. The fourth-order valence-corrected chi connectivity index (χ4v) is 1.11. The molecule has 1 rings (SSSR count). The van der Waals surface area contributed by atoms with Gasteiger partial charge < -0.3 is 15.5 Å². The summed E-state index contributed by atoms with van der Waals surface area (Å²) >= 11 is 0. The molecule has 0 aliphatic carbocycles. The minimum Gasteiger partial charge on any atom is -0.385 e. The lowest BCUT2D eigenvalue weighted by Gasteiger charge is -2.06. The number of nitrogens with two attached hydrogens (primary N) is 1. The van der Waals surface area contributed by atoms with Crippen LogP contribution in [0.4, 0.5) is 11.6 Å². The highest BCUT2D eigenvalue weighted by atomic mass is 16.5. The van der Waals surface area contributed by atoms with Gasteiger partial charge in [-0.15, -0.1) is 0 Å². The van der Waals surface area contributed by atoms with Crippen molar-refractivity contribution in [2.45, 2.75) is 12.8 Å². The molecule has 0 spiro atoms. The van der Waals surface area contributed by atoms with Gasteiger partial charge in [0, 0.05) is 20.3 Å². The molecule has 1 heterocycles. The molecule has 0 saturated carbocycles. The van der Waals surface area contributed by atoms with Gasteiger partial charge in [-0.25, -0.2) is 10.8 Å². The Labute approximate surface area is 89.2 Å². The summed E-state index contributed by atoms with van der Waals surface area (Å²) in [5, 5.41) is 3.15. The third-order valence-corrected chi connectivity index (χ3v) is 1.86. The molecule has 1 aromatic rings. The molecule has 0 atom stereocenters. The van der Waals surface area contributed by atoms with Gasteiger partial charge in [0.2, 0.25) is 0 Å². The van der Waals surface area contributed by atoms with Gasteiger partial charge in [0.25, 0.3) is 0 Å². The van der Waals surface area contributed by atoms with Crippen molar-refractivity contribution in [2.24, 2.45) is 5.84 Å². The van der Waals surface area contributed by atoms with Gasteiger partial charge >= 0.3 is 0 Å². The Kier molecular flexibility index (Phi) is 5.42. The van der Waals surface area contributed by atoms with E-state index < -0.39 is 0 Å². The van der Waals surface area contributed by atoms with Crippen LogP contribution in [0.15, 0.2) is 12.4 Å². The number of aromatic nitrogens is 2. The molecule has 0 fully saturated rings. The van der Waals surface area contributed by atoms with E-state index in [0.717, 1.165) is 31.8 Å². The molecule has 0 amide bonds. The first-order valence-electron chi connectivity index (χ1n) is 4.88. The zero-order chi connectivity index (χ0) is 10.9. The second kappa shape index (κ2) is 6.97. The highest BCUT2D eigenvalue weighted by Crippen LogP contribution is 2.05. The predicted octanol–water partition coefficient (Wildman–Crippen LogP) is 0.601. The van der Waals surface area contributed by atoms with Crippen LogP contribution in [0.25, 0.3) is 0 Å². The lowest BCUT2D eigenvalue weighted by atomic mass is 10.3. The van der Waals surface area contributed by atoms with E-state index in [1.165, 1.54) is 0 Å². The second-order valence-corrected chi connectivity index (χ2v) is 3.06. The van der Waals surface area contributed by atoms with Crippen molar-refractivity contribution in [3.05, 3.63) is 12.4 Å². The van der Waals surface area contributed by atoms with Crippen LogP contribution in [0, 0.1) is 0 Å². The van der Waals surface area contributed by atoms with E-state index in [2.05, 4.69) is 20.7 Å². The molecule has 0 aromatic carbocycles. The van der Waals surface area contributed by atoms with E-state index in [-0.39, 0.29) is 0 Å². The number of nitrogen functional groups attached to an aromatic ring is 1. The lowest BCUT2D eigenvalue weighted by Crippen LogP contribution is -2.11. The van der Waals surface area contributed by atoms with Crippen LogP contribution in [-0.2, 0) is 4.74 Å². The second-order valence-electron chi connectivity index (χ2n) is 3.06. The van der Waals surface area contributed by atoms with Gasteiger partial charge in [0.05, 0.1) is 12.4 Å². The van der Waals surface area contributed by atoms with Gasteiger partial charge in [0.15, 0.2) is 5.82 Å². The van der Waals surface area contributed by atoms with E-state index >= 15 is 0 Å². The quantitative estimate of drug-likeness (QED) is 0.348. The Morgan fingerprint density at radius 3 is 2.87 bits per heavy atom. The largest absolute Gasteiger partial charge is 0.385 e. The van der Waals surface area contributed by atoms with Crippen LogP contribution in [0.3, 0.4) is 0 Å². The van der Waals surface area contributed by atoms with E-state index in [9.17, 15) is 0 Å². The Balaban J connectivity index is 2.24. The number of hydrogen-bond acceptors (Lipinski definition) is 6. The van der Waals surface area contributed by atoms with E-state index in [1.54, 1.807) is 19.5 Å². The number of unbranched alkanes of at least 4 members (excludes halogenated alkanes) is 1. The molecule has 84 valence electrons. The van der Waals surface area contributed by atoms with Crippen molar-refractivity contribution in [2.75, 3.05) is 31.0 Å². The van der Waals surface area contributed by atoms with Crippen molar-refractivity contribution < 1.29 is 4.74 Å². The van der Waals surface area contributed by atoms with E-state index in [1.807, 2.05) is 0 Å². The van der Waals surface area contributed by atoms with Crippen LogP contribution < -0.4 is 16.6 Å². The lowest BCUT2D eigenvalue weighted by molar-refractivity contribution is 0.194. The molecule has 0 unspecified atom stereocenters. The maximum Gasteiger partial charge on any atom is 0.160 e. The van der Waals surface area contributed by atoms with Gasteiger partial charge in [0.1, 0.15) is 5.82 Å². The summed E-state index contributed by atoms with van der Waals surface area (Å²) in [6.07, 6.45) is 5.30. The minimum atomic E-state index is 0.553. The Hall–Kier alpha value is -1.40. The smallest absolute Gasteiger partial charge is 0.160 e. The molecule has 4 N–H and O–H groups in total. The van der Waals surface area contributed by atoms with Crippen molar-refractivity contribution in [3.8, 4) is 0 Å². The van der Waals surface area contributed by atoms with E-state index in [4.69, 9.17) is 10.6 Å². The van der Waals surface area contributed by atoms with Crippen molar-refractivity contribution in [1.29, 1.82) is 0 Å². The summed E-state index contributed by atoms with van der Waals surface area (Å²) in [4.78, 5) is 8.15. The average molecular weight is 211 g/mol.